The summed E-state index contributed by atoms with van der Waals surface area (Å²) in [6.07, 6.45) is 11.5. The Labute approximate surface area is 64.3 Å². The zero-order valence-corrected chi connectivity index (χ0v) is 6.68. The van der Waals surface area contributed by atoms with E-state index in [1.165, 1.54) is 38.5 Å². The van der Waals surface area contributed by atoms with Gasteiger partial charge in [0.25, 0.3) is 0 Å². The van der Waals surface area contributed by atoms with Crippen molar-refractivity contribution in [1.82, 2.24) is 0 Å². The Morgan fingerprint density at radius 2 is 1.90 bits per heavy atom. The van der Waals surface area contributed by atoms with E-state index in [4.69, 9.17) is 6.58 Å². The molecule has 57 valence electrons. The molecule has 0 aromatic carbocycles. The van der Waals surface area contributed by atoms with Crippen LogP contribution in [0.5, 0.6) is 0 Å². The standard InChI is InChI=1S/C10H17/c1-2-3-7-10-8-5-4-6-9-10/h1-2,10H,3-9H2. The van der Waals surface area contributed by atoms with Crippen LogP contribution in [0.1, 0.15) is 44.9 Å². The highest BCUT2D eigenvalue weighted by Gasteiger charge is 2.11. The summed E-state index contributed by atoms with van der Waals surface area (Å²) in [6, 6.07) is 0. The van der Waals surface area contributed by atoms with E-state index in [9.17, 15) is 0 Å². The molecule has 0 spiro atoms. The zero-order valence-electron chi connectivity index (χ0n) is 6.68. The molecule has 0 N–H and O–H groups in total. The molecule has 1 aliphatic rings. The summed E-state index contributed by atoms with van der Waals surface area (Å²) in [7, 11) is 0. The topological polar surface area (TPSA) is 0 Å². The lowest BCUT2D eigenvalue weighted by Gasteiger charge is -2.20. The summed E-state index contributed by atoms with van der Waals surface area (Å²) in [5.74, 6) is 0.994. The first-order valence-corrected chi connectivity index (χ1v) is 4.47. The first-order valence-electron chi connectivity index (χ1n) is 4.47. The van der Waals surface area contributed by atoms with Crippen LogP contribution in [-0.4, -0.2) is 0 Å². The van der Waals surface area contributed by atoms with Crippen molar-refractivity contribution in [2.75, 3.05) is 0 Å². The number of allylic oxidation sites excluding steroid dienone is 1. The van der Waals surface area contributed by atoms with Gasteiger partial charge in [0.2, 0.25) is 0 Å². The van der Waals surface area contributed by atoms with Gasteiger partial charge in [-0.25, -0.2) is 0 Å². The minimum Gasteiger partial charge on any atom is -0.0845 e. The van der Waals surface area contributed by atoms with Crippen molar-refractivity contribution in [2.24, 2.45) is 5.92 Å². The number of hydrogen-bond donors (Lipinski definition) is 0. The average molecular weight is 137 g/mol. The fourth-order valence-electron chi connectivity index (χ4n) is 1.81. The molecule has 1 fully saturated rings. The lowest BCUT2D eigenvalue weighted by Crippen LogP contribution is -2.05. The molecule has 0 bridgehead atoms. The van der Waals surface area contributed by atoms with Gasteiger partial charge in [-0.05, 0) is 18.8 Å². The van der Waals surface area contributed by atoms with Crippen LogP contribution in [0.15, 0.2) is 6.08 Å². The van der Waals surface area contributed by atoms with E-state index in [1.54, 1.807) is 6.08 Å². The van der Waals surface area contributed by atoms with Gasteiger partial charge < -0.3 is 0 Å². The molecule has 0 heterocycles. The van der Waals surface area contributed by atoms with Crippen LogP contribution in [0.3, 0.4) is 0 Å². The van der Waals surface area contributed by atoms with Gasteiger partial charge in [0.05, 0.1) is 0 Å². The second-order valence-corrected chi connectivity index (χ2v) is 3.32. The second-order valence-electron chi connectivity index (χ2n) is 3.32. The molecule has 1 radical (unpaired) electrons. The highest BCUT2D eigenvalue weighted by atomic mass is 14.2. The van der Waals surface area contributed by atoms with Gasteiger partial charge in [0, 0.05) is 0 Å². The van der Waals surface area contributed by atoms with Crippen LogP contribution in [-0.2, 0) is 0 Å². The van der Waals surface area contributed by atoms with Gasteiger partial charge >= 0.3 is 0 Å². The Kier molecular flexibility index (Phi) is 3.56. The average Bonchev–Trinajstić information content (AvgIpc) is 2.03. The highest BCUT2D eigenvalue weighted by molar-refractivity contribution is 4.70. The molecular formula is C10H17. The molecule has 0 heteroatoms. The van der Waals surface area contributed by atoms with Gasteiger partial charge in [0.15, 0.2) is 0 Å². The van der Waals surface area contributed by atoms with E-state index in [0.717, 1.165) is 12.3 Å². The van der Waals surface area contributed by atoms with E-state index in [0.29, 0.717) is 0 Å². The minimum absolute atomic E-state index is 0.994. The fourth-order valence-corrected chi connectivity index (χ4v) is 1.81. The molecule has 0 aliphatic heterocycles. The van der Waals surface area contributed by atoms with Crippen LogP contribution in [0.4, 0.5) is 0 Å². The maximum absolute atomic E-state index is 5.32. The van der Waals surface area contributed by atoms with Crippen LogP contribution in [0.25, 0.3) is 0 Å². The first kappa shape index (κ1) is 7.84. The van der Waals surface area contributed by atoms with Crippen molar-refractivity contribution < 1.29 is 0 Å². The monoisotopic (exact) mass is 137 g/mol. The van der Waals surface area contributed by atoms with Gasteiger partial charge in [0.1, 0.15) is 0 Å². The third kappa shape index (κ3) is 2.55. The Bertz CT molecular complexity index is 88.2. The zero-order chi connectivity index (χ0) is 7.23. The molecule has 10 heavy (non-hydrogen) atoms. The Balaban J connectivity index is 2.07. The van der Waals surface area contributed by atoms with E-state index >= 15 is 0 Å². The Hall–Kier alpha value is -0.260. The molecule has 1 aliphatic carbocycles. The predicted octanol–water partition coefficient (Wildman–Crippen LogP) is 3.34. The van der Waals surface area contributed by atoms with Crippen molar-refractivity contribution in [3.63, 3.8) is 0 Å². The maximum Gasteiger partial charge on any atom is -0.0345 e. The quantitative estimate of drug-likeness (QED) is 0.559. The molecule has 0 aromatic heterocycles. The minimum atomic E-state index is 0.994. The molecule has 0 unspecified atom stereocenters. The smallest absolute Gasteiger partial charge is 0.0345 e. The highest BCUT2D eigenvalue weighted by Crippen LogP contribution is 2.26. The molecule has 0 nitrogen and oxygen atoms in total. The van der Waals surface area contributed by atoms with Crippen molar-refractivity contribution in [3.8, 4) is 0 Å². The normalized spacial score (nSPS) is 20.8. The van der Waals surface area contributed by atoms with E-state index < -0.39 is 0 Å². The summed E-state index contributed by atoms with van der Waals surface area (Å²) >= 11 is 0. The molecule has 0 atom stereocenters. The third-order valence-corrected chi connectivity index (χ3v) is 2.47. The van der Waals surface area contributed by atoms with Crippen LogP contribution < -0.4 is 0 Å². The maximum atomic E-state index is 5.32. The molecule has 0 aromatic rings. The number of rotatable bonds is 3. The lowest BCUT2D eigenvalue weighted by atomic mass is 9.86. The summed E-state index contributed by atoms with van der Waals surface area (Å²) in [6.45, 7) is 5.32. The van der Waals surface area contributed by atoms with E-state index in [1.807, 2.05) is 0 Å². The molecule has 1 saturated carbocycles. The van der Waals surface area contributed by atoms with E-state index in [2.05, 4.69) is 0 Å². The van der Waals surface area contributed by atoms with Crippen LogP contribution in [0, 0.1) is 12.5 Å². The summed E-state index contributed by atoms with van der Waals surface area (Å²) in [5.41, 5.74) is 0. The van der Waals surface area contributed by atoms with Crippen molar-refractivity contribution in [1.29, 1.82) is 0 Å². The largest absolute Gasteiger partial charge is 0.0845 e. The molecule has 0 amide bonds. The second kappa shape index (κ2) is 4.54. The Morgan fingerprint density at radius 1 is 1.20 bits per heavy atom. The van der Waals surface area contributed by atoms with Crippen LogP contribution in [0.2, 0.25) is 0 Å². The molecular weight excluding hydrogens is 120 g/mol. The first-order chi connectivity index (χ1) is 4.93. The lowest BCUT2D eigenvalue weighted by molar-refractivity contribution is 0.341. The molecule has 1 rings (SSSR count). The Morgan fingerprint density at radius 3 is 2.50 bits per heavy atom. The summed E-state index contributed by atoms with van der Waals surface area (Å²) in [4.78, 5) is 0. The summed E-state index contributed by atoms with van der Waals surface area (Å²) in [5, 5.41) is 0. The van der Waals surface area contributed by atoms with E-state index in [-0.39, 0.29) is 0 Å². The van der Waals surface area contributed by atoms with Gasteiger partial charge in [-0.3, -0.25) is 0 Å². The van der Waals surface area contributed by atoms with Crippen molar-refractivity contribution >= 4 is 0 Å². The van der Waals surface area contributed by atoms with Gasteiger partial charge in [-0.1, -0.05) is 44.8 Å². The fraction of sp³-hybridized carbons (Fsp3) is 0.800. The van der Waals surface area contributed by atoms with Gasteiger partial charge in [-0.2, -0.15) is 0 Å². The predicted molar refractivity (Wildman–Crippen MR) is 44.7 cm³/mol. The molecule has 0 saturated heterocycles. The summed E-state index contributed by atoms with van der Waals surface area (Å²) < 4.78 is 0. The van der Waals surface area contributed by atoms with Crippen molar-refractivity contribution in [3.05, 3.63) is 12.7 Å². The van der Waals surface area contributed by atoms with Gasteiger partial charge in [-0.15, -0.1) is 0 Å². The third-order valence-electron chi connectivity index (χ3n) is 2.47. The SMILES string of the molecule is [CH]=CCCC1CCCCC1. The van der Waals surface area contributed by atoms with Crippen molar-refractivity contribution in [2.45, 2.75) is 44.9 Å². The number of hydrogen-bond acceptors (Lipinski definition) is 0. The van der Waals surface area contributed by atoms with Crippen LogP contribution >= 0.6 is 0 Å².